The Morgan fingerprint density at radius 2 is 1.95 bits per heavy atom. The first-order chi connectivity index (χ1) is 9.79. The predicted molar refractivity (Wildman–Crippen MR) is 71.9 cm³/mol. The van der Waals surface area contributed by atoms with Gasteiger partial charge in [-0.05, 0) is 19.1 Å². The Morgan fingerprint density at radius 3 is 2.43 bits per heavy atom. The van der Waals surface area contributed by atoms with Crippen molar-refractivity contribution in [1.29, 1.82) is 0 Å². The van der Waals surface area contributed by atoms with Gasteiger partial charge in [0.25, 0.3) is 9.05 Å². The molecule has 0 amide bonds. The van der Waals surface area contributed by atoms with Gasteiger partial charge in [-0.1, -0.05) is 0 Å². The van der Waals surface area contributed by atoms with Crippen molar-refractivity contribution in [2.45, 2.75) is 18.4 Å². The quantitative estimate of drug-likeness (QED) is 0.787. The molecular weight excluding hydrogens is 326 g/mol. The lowest BCUT2D eigenvalue weighted by atomic mass is 10.3. The second-order valence-electron chi connectivity index (χ2n) is 4.17. The maximum atomic E-state index is 13.7. The maximum absolute atomic E-state index is 13.7. The van der Waals surface area contributed by atoms with Crippen LogP contribution < -0.4 is 4.74 Å². The van der Waals surface area contributed by atoms with Crippen LogP contribution >= 0.6 is 10.7 Å². The van der Waals surface area contributed by atoms with E-state index < -0.39 is 31.3 Å². The summed E-state index contributed by atoms with van der Waals surface area (Å²) in [7, 11) is 0.830. The molecule has 1 aromatic heterocycles. The Kier molecular flexibility index (Phi) is 4.48. The number of benzene rings is 1. The van der Waals surface area contributed by atoms with Gasteiger partial charge in [0.15, 0.2) is 17.4 Å². The van der Waals surface area contributed by atoms with Crippen LogP contribution in [0.2, 0.25) is 0 Å². The van der Waals surface area contributed by atoms with Crippen LogP contribution in [0.25, 0.3) is 0 Å². The lowest BCUT2D eigenvalue weighted by Gasteiger charge is -2.10. The molecule has 0 N–H and O–H groups in total. The van der Waals surface area contributed by atoms with Gasteiger partial charge >= 0.3 is 0 Å². The van der Waals surface area contributed by atoms with Crippen molar-refractivity contribution in [1.82, 2.24) is 9.55 Å². The Balaban J connectivity index is 2.12. The summed E-state index contributed by atoms with van der Waals surface area (Å²) in [5.74, 6) is -2.16. The lowest BCUT2D eigenvalue weighted by molar-refractivity contribution is 0.268. The van der Waals surface area contributed by atoms with E-state index in [1.54, 1.807) is 23.9 Å². The van der Waals surface area contributed by atoms with E-state index >= 15 is 0 Å². The summed E-state index contributed by atoms with van der Waals surface area (Å²) in [5, 5.41) is 0. The summed E-state index contributed by atoms with van der Waals surface area (Å²) >= 11 is 0. The minimum absolute atomic E-state index is 0.00197. The van der Waals surface area contributed by atoms with E-state index in [0.29, 0.717) is 18.7 Å². The molecule has 21 heavy (non-hydrogen) atoms. The topological polar surface area (TPSA) is 61.2 Å². The van der Waals surface area contributed by atoms with E-state index in [1.807, 2.05) is 0 Å². The first-order valence-electron chi connectivity index (χ1n) is 5.83. The van der Waals surface area contributed by atoms with Crippen molar-refractivity contribution in [2.75, 3.05) is 6.61 Å². The fourth-order valence-electron chi connectivity index (χ4n) is 1.70. The number of rotatable bonds is 5. The molecular formula is C12H11ClF2N2O3S. The van der Waals surface area contributed by atoms with Crippen LogP contribution in [0.5, 0.6) is 5.75 Å². The summed E-state index contributed by atoms with van der Waals surface area (Å²) in [5.41, 5.74) is 0. The minimum Gasteiger partial charge on any atom is -0.486 e. The van der Waals surface area contributed by atoms with E-state index in [-0.39, 0.29) is 6.61 Å². The van der Waals surface area contributed by atoms with Gasteiger partial charge < -0.3 is 9.30 Å². The second-order valence-corrected chi connectivity index (χ2v) is 6.74. The monoisotopic (exact) mass is 336 g/mol. The standard InChI is InChI=1S/C12H11ClF2N2O3S/c1-8-16-2-3-17(8)4-5-20-12-10(14)6-9(7-11(12)15)21(13,18)19/h2-3,6-7H,4-5H2,1H3. The zero-order chi connectivity index (χ0) is 15.6. The molecule has 2 rings (SSSR count). The number of aryl methyl sites for hydroxylation is 1. The highest BCUT2D eigenvalue weighted by atomic mass is 35.7. The summed E-state index contributed by atoms with van der Waals surface area (Å²) in [6.07, 6.45) is 3.30. The van der Waals surface area contributed by atoms with E-state index in [9.17, 15) is 17.2 Å². The highest BCUT2D eigenvalue weighted by Gasteiger charge is 2.19. The summed E-state index contributed by atoms with van der Waals surface area (Å²) < 4.78 is 56.2. The average molecular weight is 337 g/mol. The summed E-state index contributed by atoms with van der Waals surface area (Å²) in [4.78, 5) is 3.34. The number of hydrogen-bond acceptors (Lipinski definition) is 4. The second kappa shape index (κ2) is 5.98. The highest BCUT2D eigenvalue weighted by molar-refractivity contribution is 8.13. The van der Waals surface area contributed by atoms with Crippen LogP contribution in [-0.2, 0) is 15.6 Å². The molecule has 9 heteroatoms. The van der Waals surface area contributed by atoms with E-state index in [1.165, 1.54) is 0 Å². The van der Waals surface area contributed by atoms with Crippen molar-refractivity contribution >= 4 is 19.7 Å². The third-order valence-electron chi connectivity index (χ3n) is 2.76. The van der Waals surface area contributed by atoms with Crippen LogP contribution in [0.3, 0.4) is 0 Å². The minimum atomic E-state index is -4.20. The molecule has 0 saturated carbocycles. The fraction of sp³-hybridized carbons (Fsp3) is 0.250. The van der Waals surface area contributed by atoms with Crippen LogP contribution in [0.4, 0.5) is 8.78 Å². The maximum Gasteiger partial charge on any atom is 0.261 e. The number of aromatic nitrogens is 2. The molecule has 0 aliphatic carbocycles. The normalized spacial score (nSPS) is 11.6. The Hall–Kier alpha value is -1.67. The fourth-order valence-corrected chi connectivity index (χ4v) is 2.46. The molecule has 1 heterocycles. The van der Waals surface area contributed by atoms with Gasteiger partial charge in [0.2, 0.25) is 0 Å². The predicted octanol–water partition coefficient (Wildman–Crippen LogP) is 2.48. The number of imidazole rings is 1. The van der Waals surface area contributed by atoms with Gasteiger partial charge in [-0.25, -0.2) is 22.2 Å². The van der Waals surface area contributed by atoms with Gasteiger partial charge in [0.1, 0.15) is 12.4 Å². The average Bonchev–Trinajstić information content (AvgIpc) is 2.77. The van der Waals surface area contributed by atoms with Crippen molar-refractivity contribution in [3.8, 4) is 5.75 Å². The van der Waals surface area contributed by atoms with Crippen molar-refractivity contribution in [3.63, 3.8) is 0 Å². The van der Waals surface area contributed by atoms with Gasteiger partial charge in [-0.15, -0.1) is 0 Å². The molecule has 0 radical (unpaired) electrons. The van der Waals surface area contributed by atoms with Crippen molar-refractivity contribution < 1.29 is 21.9 Å². The van der Waals surface area contributed by atoms with Gasteiger partial charge in [-0.2, -0.15) is 0 Å². The summed E-state index contributed by atoms with van der Waals surface area (Å²) in [6.45, 7) is 2.12. The Morgan fingerprint density at radius 1 is 1.33 bits per heavy atom. The molecule has 0 bridgehead atoms. The highest BCUT2D eigenvalue weighted by Crippen LogP contribution is 2.27. The zero-order valence-electron chi connectivity index (χ0n) is 10.9. The van der Waals surface area contributed by atoms with Crippen LogP contribution in [0.1, 0.15) is 5.82 Å². The first-order valence-corrected chi connectivity index (χ1v) is 8.14. The number of halogens is 3. The van der Waals surface area contributed by atoms with Gasteiger partial charge in [0.05, 0.1) is 11.4 Å². The summed E-state index contributed by atoms with van der Waals surface area (Å²) in [6, 6.07) is 1.23. The molecule has 2 aromatic rings. The molecule has 0 fully saturated rings. The molecule has 1 aromatic carbocycles. The van der Waals surface area contributed by atoms with Crippen LogP contribution in [0.15, 0.2) is 29.4 Å². The van der Waals surface area contributed by atoms with Gasteiger partial charge in [-0.3, -0.25) is 0 Å². The van der Waals surface area contributed by atoms with Gasteiger partial charge in [0, 0.05) is 23.1 Å². The Labute approximate surface area is 124 Å². The number of hydrogen-bond donors (Lipinski definition) is 0. The molecule has 0 atom stereocenters. The molecule has 114 valence electrons. The Bertz CT molecular complexity index is 739. The third-order valence-corrected chi connectivity index (χ3v) is 4.09. The smallest absolute Gasteiger partial charge is 0.261 e. The molecule has 0 saturated heterocycles. The van der Waals surface area contributed by atoms with Crippen molar-refractivity contribution in [2.24, 2.45) is 0 Å². The van der Waals surface area contributed by atoms with Crippen molar-refractivity contribution in [3.05, 3.63) is 42.0 Å². The molecule has 0 unspecified atom stereocenters. The largest absolute Gasteiger partial charge is 0.486 e. The lowest BCUT2D eigenvalue weighted by Crippen LogP contribution is -2.10. The van der Waals surface area contributed by atoms with E-state index in [0.717, 1.165) is 5.82 Å². The number of nitrogens with zero attached hydrogens (tertiary/aromatic N) is 2. The van der Waals surface area contributed by atoms with E-state index in [4.69, 9.17) is 15.4 Å². The third kappa shape index (κ3) is 3.70. The molecule has 0 aliphatic heterocycles. The first kappa shape index (κ1) is 15.7. The SMILES string of the molecule is Cc1nccn1CCOc1c(F)cc(S(=O)(=O)Cl)cc1F. The molecule has 0 aliphatic rings. The molecule has 5 nitrogen and oxygen atoms in total. The molecule has 0 spiro atoms. The number of ether oxygens (including phenoxy) is 1. The van der Waals surface area contributed by atoms with E-state index in [2.05, 4.69) is 4.98 Å². The van der Waals surface area contributed by atoms with Crippen LogP contribution in [0, 0.1) is 18.6 Å². The zero-order valence-corrected chi connectivity index (χ0v) is 12.5. The van der Waals surface area contributed by atoms with Crippen LogP contribution in [-0.4, -0.2) is 24.6 Å².